The minimum Gasteiger partial charge on any atom is -1.00 e. The number of nitrogens with zero attached hydrogens (tertiary/aromatic N) is 2. The minimum atomic E-state index is 0. The summed E-state index contributed by atoms with van der Waals surface area (Å²) in [6.07, 6.45) is 10.8. The van der Waals surface area contributed by atoms with Gasteiger partial charge in [0.1, 0.15) is 11.2 Å². The summed E-state index contributed by atoms with van der Waals surface area (Å²) >= 11 is 3.83. The van der Waals surface area contributed by atoms with Crippen LogP contribution in [0.1, 0.15) is 38.1 Å². The number of anilines is 1. The van der Waals surface area contributed by atoms with E-state index >= 15 is 0 Å². The third kappa shape index (κ3) is 4.72. The Morgan fingerprint density at radius 1 is 0.846 bits per heavy atom. The molecule has 0 bridgehead atoms. The number of halogens is 1. The van der Waals surface area contributed by atoms with E-state index < -0.39 is 0 Å². The van der Waals surface area contributed by atoms with Gasteiger partial charge in [0.15, 0.2) is 0 Å². The lowest BCUT2D eigenvalue weighted by Gasteiger charge is -2.21. The highest BCUT2D eigenvalue weighted by Gasteiger charge is 2.27. The topological polar surface area (TPSA) is 7.12 Å². The fourth-order valence-electron chi connectivity index (χ4n) is 6.01. The Hall–Kier alpha value is -2.61. The summed E-state index contributed by atoms with van der Waals surface area (Å²) in [6.45, 7) is 6.48. The molecule has 0 spiro atoms. The normalized spacial score (nSPS) is 17.3. The lowest BCUT2D eigenvalue weighted by atomic mass is 9.95. The van der Waals surface area contributed by atoms with Crippen molar-refractivity contribution in [3.63, 3.8) is 0 Å². The van der Waals surface area contributed by atoms with Gasteiger partial charge in [0.05, 0.1) is 16.1 Å². The Morgan fingerprint density at radius 3 is 2.38 bits per heavy atom. The van der Waals surface area contributed by atoms with Crippen LogP contribution in [0.3, 0.4) is 0 Å². The zero-order valence-electron chi connectivity index (χ0n) is 22.3. The van der Waals surface area contributed by atoms with Crippen LogP contribution in [-0.2, 0) is 6.54 Å². The predicted octanol–water partition coefficient (Wildman–Crippen LogP) is 6.49. The molecule has 0 N–H and O–H groups in total. The maximum absolute atomic E-state index is 2.50. The van der Waals surface area contributed by atoms with Crippen LogP contribution >= 0.6 is 23.1 Å². The molecule has 1 aromatic heterocycles. The fraction of sp³-hybridized carbons (Fsp3) is 0.206. The van der Waals surface area contributed by atoms with Crippen LogP contribution in [0.5, 0.6) is 0 Å². The van der Waals surface area contributed by atoms with E-state index in [1.165, 1.54) is 69.9 Å². The zero-order chi connectivity index (χ0) is 25.6. The van der Waals surface area contributed by atoms with Gasteiger partial charge in [0.2, 0.25) is 5.52 Å². The number of benzene rings is 4. The summed E-state index contributed by atoms with van der Waals surface area (Å²) in [4.78, 5) is 3.87. The number of allylic oxidation sites excluding steroid dienone is 4. The summed E-state index contributed by atoms with van der Waals surface area (Å²) < 4.78 is 3.87. The molecule has 1 aliphatic carbocycles. The number of fused-ring (bicyclic) bond motifs is 6. The van der Waals surface area contributed by atoms with E-state index in [-0.39, 0.29) is 24.0 Å². The lowest BCUT2D eigenvalue weighted by Crippen LogP contribution is -3.00. The van der Waals surface area contributed by atoms with Crippen LogP contribution in [-0.4, -0.2) is 6.54 Å². The van der Waals surface area contributed by atoms with Gasteiger partial charge in [-0.15, -0.1) is 0 Å². The van der Waals surface area contributed by atoms with Crippen molar-refractivity contribution in [2.75, 3.05) is 11.4 Å². The molecule has 0 unspecified atom stereocenters. The van der Waals surface area contributed by atoms with Crippen LogP contribution < -0.4 is 33.4 Å². The predicted molar refractivity (Wildman–Crippen MR) is 166 cm³/mol. The first-order chi connectivity index (χ1) is 18.7. The third-order valence-electron chi connectivity index (χ3n) is 7.78. The molecule has 39 heavy (non-hydrogen) atoms. The molecule has 2 nitrogen and oxygen atoms in total. The van der Waals surface area contributed by atoms with Crippen LogP contribution in [0.2, 0.25) is 0 Å². The van der Waals surface area contributed by atoms with E-state index in [1.54, 1.807) is 0 Å². The van der Waals surface area contributed by atoms with Crippen molar-refractivity contribution in [3.05, 3.63) is 106 Å². The van der Waals surface area contributed by atoms with Crippen molar-refractivity contribution in [1.29, 1.82) is 0 Å². The largest absolute Gasteiger partial charge is 1.00 e. The highest BCUT2D eigenvalue weighted by atomic mass is 127. The van der Waals surface area contributed by atoms with Crippen molar-refractivity contribution in [2.24, 2.45) is 0 Å². The summed E-state index contributed by atoms with van der Waals surface area (Å²) in [5.41, 5.74) is 5.62. The maximum Gasteiger partial charge on any atom is 0.263 e. The number of thiazole rings is 1. The van der Waals surface area contributed by atoms with Crippen molar-refractivity contribution in [3.8, 4) is 0 Å². The molecular weight excluding hydrogens is 627 g/mol. The van der Waals surface area contributed by atoms with Gasteiger partial charge < -0.3 is 28.9 Å². The van der Waals surface area contributed by atoms with E-state index in [0.29, 0.717) is 0 Å². The summed E-state index contributed by atoms with van der Waals surface area (Å²) in [5.74, 6) is 0. The molecule has 0 saturated heterocycles. The minimum absolute atomic E-state index is 0. The molecule has 4 aromatic carbocycles. The first kappa shape index (κ1) is 26.6. The summed E-state index contributed by atoms with van der Waals surface area (Å²) in [7, 11) is 0. The Bertz CT molecular complexity index is 1810. The van der Waals surface area contributed by atoms with Crippen molar-refractivity contribution in [2.45, 2.75) is 44.6 Å². The molecule has 0 radical (unpaired) electrons. The average Bonchev–Trinajstić information content (AvgIpc) is 3.50. The van der Waals surface area contributed by atoms with Gasteiger partial charge in [-0.25, -0.2) is 0 Å². The van der Waals surface area contributed by atoms with E-state index in [9.17, 15) is 0 Å². The fourth-order valence-corrected chi connectivity index (χ4v) is 8.45. The van der Waals surface area contributed by atoms with E-state index in [4.69, 9.17) is 0 Å². The molecule has 0 fully saturated rings. The Balaban J connectivity index is 0.00000277. The van der Waals surface area contributed by atoms with Crippen molar-refractivity contribution >= 4 is 66.6 Å². The van der Waals surface area contributed by atoms with Gasteiger partial charge >= 0.3 is 0 Å². The van der Waals surface area contributed by atoms with Crippen LogP contribution in [0.25, 0.3) is 37.8 Å². The molecule has 196 valence electrons. The van der Waals surface area contributed by atoms with Crippen LogP contribution in [0, 0.1) is 0 Å². The standard InChI is InChI=1S/C34H31N2S2.HI/c1-3-35-31(37-29-18-16-25-12-5-7-14-27(25)33(29)35)21-23-10-9-11-24(20-23)22-32-36(4-2)34-28-15-8-6-13-26(28)17-19-30(34)38-32;/h5-8,12-22H,3-4,9-11H2,1-2H3;1H/q+1;/p-1. The highest BCUT2D eigenvalue weighted by Crippen LogP contribution is 2.50. The molecule has 7 rings (SSSR count). The van der Waals surface area contributed by atoms with Crippen LogP contribution in [0.15, 0.2) is 106 Å². The highest BCUT2D eigenvalue weighted by molar-refractivity contribution is 8.03. The lowest BCUT2D eigenvalue weighted by molar-refractivity contribution is -0.664. The second-order valence-electron chi connectivity index (χ2n) is 10.1. The molecule has 2 aliphatic rings. The Morgan fingerprint density at radius 2 is 1.59 bits per heavy atom. The molecule has 0 saturated carbocycles. The van der Waals surface area contributed by atoms with Gasteiger partial charge in [0, 0.05) is 22.9 Å². The third-order valence-corrected chi connectivity index (χ3v) is 9.97. The molecule has 0 atom stereocenters. The molecule has 0 amide bonds. The average molecular weight is 659 g/mol. The first-order valence-electron chi connectivity index (χ1n) is 13.7. The second kappa shape index (κ2) is 11.1. The molecule has 1 aliphatic heterocycles. The number of thioether (sulfide) groups is 1. The van der Waals surface area contributed by atoms with E-state index in [0.717, 1.165) is 25.9 Å². The smallest absolute Gasteiger partial charge is 0.263 e. The Kier molecular flexibility index (Phi) is 7.58. The monoisotopic (exact) mass is 658 g/mol. The number of aryl methyl sites for hydroxylation is 1. The van der Waals surface area contributed by atoms with E-state index in [1.807, 2.05) is 23.1 Å². The van der Waals surface area contributed by atoms with Crippen molar-refractivity contribution in [1.82, 2.24) is 0 Å². The van der Waals surface area contributed by atoms with E-state index in [2.05, 4.69) is 114 Å². The summed E-state index contributed by atoms with van der Waals surface area (Å²) in [6, 6.07) is 26.6. The first-order valence-corrected chi connectivity index (χ1v) is 15.3. The second-order valence-corrected chi connectivity index (χ2v) is 12.2. The molecule has 2 heterocycles. The van der Waals surface area contributed by atoms with Gasteiger partial charge in [0.25, 0.3) is 5.01 Å². The maximum atomic E-state index is 2.50. The number of hydrogen-bond donors (Lipinski definition) is 0. The molecule has 5 aromatic rings. The Labute approximate surface area is 255 Å². The summed E-state index contributed by atoms with van der Waals surface area (Å²) in [5, 5.41) is 8.03. The number of rotatable bonds is 4. The zero-order valence-corrected chi connectivity index (χ0v) is 26.1. The number of hydrogen-bond acceptors (Lipinski definition) is 3. The quantitative estimate of drug-likeness (QED) is 0.161. The van der Waals surface area contributed by atoms with Crippen LogP contribution in [0.4, 0.5) is 5.69 Å². The molecular formula is C34H31IN2S2. The van der Waals surface area contributed by atoms with Gasteiger partial charge in [-0.05, 0) is 79.3 Å². The molecule has 5 heteroatoms. The van der Waals surface area contributed by atoms with Gasteiger partial charge in [-0.2, -0.15) is 4.57 Å². The van der Waals surface area contributed by atoms with Gasteiger partial charge in [-0.3, -0.25) is 0 Å². The van der Waals surface area contributed by atoms with Gasteiger partial charge in [-0.1, -0.05) is 83.8 Å². The SMILES string of the molecule is CCN1/C(=C/C2=CC(=C/c3sc4ccc5ccccc5c4[n+]3CC)/CCC2)Sc2ccc3ccccc3c21.[I-]. The van der Waals surface area contributed by atoms with Crippen molar-refractivity contribution < 1.29 is 28.5 Å². The number of aromatic nitrogens is 1.